The minimum absolute atomic E-state index is 0.0662. The average molecular weight is 396 g/mol. The maximum absolute atomic E-state index is 12.8. The van der Waals surface area contributed by atoms with Gasteiger partial charge in [-0.3, -0.25) is 9.59 Å². The van der Waals surface area contributed by atoms with E-state index < -0.39 is 0 Å². The molecule has 0 saturated carbocycles. The fourth-order valence-electron chi connectivity index (χ4n) is 3.68. The Labute approximate surface area is 169 Å². The fraction of sp³-hybridized carbons (Fsp3) is 0.273. The molecule has 0 spiro atoms. The van der Waals surface area contributed by atoms with E-state index in [4.69, 9.17) is 11.6 Å². The largest absolute Gasteiger partial charge is 0.369 e. The van der Waals surface area contributed by atoms with E-state index in [1.165, 1.54) is 0 Å². The summed E-state index contributed by atoms with van der Waals surface area (Å²) in [6, 6.07) is 14.6. The van der Waals surface area contributed by atoms with Gasteiger partial charge in [-0.1, -0.05) is 42.8 Å². The molecule has 0 unspecified atom stereocenters. The van der Waals surface area contributed by atoms with Crippen LogP contribution < -0.4 is 10.2 Å². The summed E-state index contributed by atoms with van der Waals surface area (Å²) in [5.41, 5.74) is 2.74. The number of nitrogens with zero attached hydrogens (tertiary/aromatic N) is 2. The molecule has 1 N–H and O–H groups in total. The Bertz CT molecular complexity index is 945. The maximum Gasteiger partial charge on any atom is 0.211 e. The Hall–Kier alpha value is -2.63. The molecule has 4 rings (SSSR count). The Morgan fingerprint density at radius 2 is 1.50 bits per heavy atom. The van der Waals surface area contributed by atoms with Gasteiger partial charge in [-0.15, -0.1) is 0 Å². The number of rotatable bonds is 4. The van der Waals surface area contributed by atoms with Crippen LogP contribution in [0, 0.1) is 0 Å². The first-order chi connectivity index (χ1) is 13.6. The highest BCUT2D eigenvalue weighted by Gasteiger charge is 2.31. The normalized spacial score (nSPS) is 17.7. The van der Waals surface area contributed by atoms with Crippen molar-refractivity contribution in [3.63, 3.8) is 0 Å². The molecule has 2 aromatic rings. The monoisotopic (exact) mass is 395 g/mol. The summed E-state index contributed by atoms with van der Waals surface area (Å²) in [5, 5.41) is 2.98. The number of likely N-dealkylation sites (N-methyl/N-ethyl adjacent to an activating group) is 1. The van der Waals surface area contributed by atoms with Gasteiger partial charge in [-0.05, 0) is 30.8 Å². The summed E-state index contributed by atoms with van der Waals surface area (Å²) in [6.07, 6.45) is 0. The minimum Gasteiger partial charge on any atom is -0.369 e. The van der Waals surface area contributed by atoms with Gasteiger partial charge in [-0.2, -0.15) is 0 Å². The molecule has 2 aromatic carbocycles. The molecule has 1 aliphatic carbocycles. The number of halogens is 1. The highest BCUT2D eigenvalue weighted by Crippen LogP contribution is 2.30. The van der Waals surface area contributed by atoms with E-state index in [0.29, 0.717) is 11.1 Å². The van der Waals surface area contributed by atoms with Gasteiger partial charge in [0.25, 0.3) is 0 Å². The lowest BCUT2D eigenvalue weighted by Crippen LogP contribution is -2.46. The summed E-state index contributed by atoms with van der Waals surface area (Å²) in [7, 11) is 0. The number of piperazine rings is 1. The van der Waals surface area contributed by atoms with Crippen LogP contribution in [-0.2, 0) is 0 Å². The van der Waals surface area contributed by atoms with E-state index in [0.717, 1.165) is 44.1 Å². The number of Topliss-reactive ketones (excluding diaryl/α,β-unsaturated/α-hetero) is 2. The van der Waals surface area contributed by atoms with E-state index in [1.807, 2.05) is 24.3 Å². The Kier molecular flexibility index (Phi) is 5.20. The fourth-order valence-corrected chi connectivity index (χ4v) is 3.91. The molecule has 1 saturated heterocycles. The predicted molar refractivity (Wildman–Crippen MR) is 112 cm³/mol. The second-order valence-corrected chi connectivity index (χ2v) is 7.36. The van der Waals surface area contributed by atoms with Crippen LogP contribution in [0.4, 0.5) is 11.4 Å². The van der Waals surface area contributed by atoms with Crippen molar-refractivity contribution >= 4 is 34.5 Å². The summed E-state index contributed by atoms with van der Waals surface area (Å²) >= 11 is 6.22. The van der Waals surface area contributed by atoms with Crippen molar-refractivity contribution in [3.8, 4) is 0 Å². The lowest BCUT2D eigenvalue weighted by Gasteiger charge is -2.35. The zero-order valence-corrected chi connectivity index (χ0v) is 16.5. The third-order valence-corrected chi connectivity index (χ3v) is 5.74. The molecule has 0 amide bonds. The van der Waals surface area contributed by atoms with Crippen molar-refractivity contribution < 1.29 is 9.59 Å². The molecule has 0 bridgehead atoms. The van der Waals surface area contributed by atoms with E-state index in [9.17, 15) is 9.59 Å². The highest BCUT2D eigenvalue weighted by atomic mass is 35.5. The number of benzene rings is 2. The number of hydrogen-bond acceptors (Lipinski definition) is 5. The number of allylic oxidation sites excluding steroid dienone is 2. The second kappa shape index (κ2) is 7.78. The van der Waals surface area contributed by atoms with Gasteiger partial charge < -0.3 is 15.1 Å². The zero-order chi connectivity index (χ0) is 19.7. The average Bonchev–Trinajstić information content (AvgIpc) is 2.76. The van der Waals surface area contributed by atoms with Crippen molar-refractivity contribution in [2.45, 2.75) is 6.92 Å². The molecule has 144 valence electrons. The molecular weight excluding hydrogens is 374 g/mol. The molecule has 0 atom stereocenters. The second-order valence-electron chi connectivity index (χ2n) is 6.99. The number of ketones is 2. The molecule has 1 heterocycles. The van der Waals surface area contributed by atoms with Gasteiger partial charge in [0.05, 0.1) is 0 Å². The number of fused-ring (bicyclic) bond motifs is 1. The Balaban J connectivity index is 1.51. The van der Waals surface area contributed by atoms with Crippen molar-refractivity contribution in [2.75, 3.05) is 42.9 Å². The van der Waals surface area contributed by atoms with E-state index in [-0.39, 0.29) is 22.3 Å². The van der Waals surface area contributed by atoms with Crippen LogP contribution in [0.1, 0.15) is 27.6 Å². The first-order valence-electron chi connectivity index (χ1n) is 9.51. The Morgan fingerprint density at radius 3 is 2.11 bits per heavy atom. The summed E-state index contributed by atoms with van der Waals surface area (Å²) in [5.74, 6) is -0.593. The van der Waals surface area contributed by atoms with Gasteiger partial charge in [-0.25, -0.2) is 0 Å². The summed E-state index contributed by atoms with van der Waals surface area (Å²) in [4.78, 5) is 30.1. The molecule has 0 radical (unpaired) electrons. The van der Waals surface area contributed by atoms with Crippen molar-refractivity contribution in [3.05, 3.63) is 70.4 Å². The molecule has 1 fully saturated rings. The van der Waals surface area contributed by atoms with Crippen LogP contribution in [0.5, 0.6) is 0 Å². The summed E-state index contributed by atoms with van der Waals surface area (Å²) in [6.45, 7) is 7.40. The topological polar surface area (TPSA) is 52.6 Å². The van der Waals surface area contributed by atoms with Crippen LogP contribution in [0.2, 0.25) is 0 Å². The molecule has 0 aromatic heterocycles. The van der Waals surface area contributed by atoms with Gasteiger partial charge >= 0.3 is 0 Å². The number of anilines is 2. The van der Waals surface area contributed by atoms with Gasteiger partial charge in [0.1, 0.15) is 10.7 Å². The number of carbonyl (C=O) groups excluding carboxylic acids is 2. The van der Waals surface area contributed by atoms with Crippen LogP contribution in [-0.4, -0.2) is 49.2 Å². The van der Waals surface area contributed by atoms with Crippen LogP contribution in [0.15, 0.2) is 59.3 Å². The SMILES string of the molecule is CCN1CCN(c2ccc(NC3=C(Cl)C(=O)c4ccccc4C3=O)cc2)CC1. The quantitative estimate of drug-likeness (QED) is 0.854. The third kappa shape index (κ3) is 3.43. The highest BCUT2D eigenvalue weighted by molar-refractivity contribution is 6.50. The first-order valence-corrected chi connectivity index (χ1v) is 9.89. The van der Waals surface area contributed by atoms with E-state index in [2.05, 4.69) is 22.0 Å². The lowest BCUT2D eigenvalue weighted by atomic mass is 9.92. The molecular formula is C22H22ClN3O2. The van der Waals surface area contributed by atoms with E-state index in [1.54, 1.807) is 24.3 Å². The van der Waals surface area contributed by atoms with Crippen LogP contribution >= 0.6 is 11.6 Å². The van der Waals surface area contributed by atoms with Gasteiger partial charge in [0.2, 0.25) is 11.6 Å². The van der Waals surface area contributed by atoms with Gasteiger partial charge in [0, 0.05) is 48.7 Å². The maximum atomic E-state index is 12.8. The number of nitrogens with one attached hydrogen (secondary N) is 1. The molecule has 5 nitrogen and oxygen atoms in total. The molecule has 6 heteroatoms. The lowest BCUT2D eigenvalue weighted by molar-refractivity contribution is 0.0982. The van der Waals surface area contributed by atoms with Crippen LogP contribution in [0.25, 0.3) is 0 Å². The number of carbonyl (C=O) groups is 2. The van der Waals surface area contributed by atoms with Crippen molar-refractivity contribution in [2.24, 2.45) is 0 Å². The summed E-state index contributed by atoms with van der Waals surface area (Å²) < 4.78 is 0. The molecule has 2 aliphatic rings. The van der Waals surface area contributed by atoms with E-state index >= 15 is 0 Å². The zero-order valence-electron chi connectivity index (χ0n) is 15.7. The molecule has 1 aliphatic heterocycles. The minimum atomic E-state index is -0.329. The standard InChI is InChI=1S/C22H22ClN3O2/c1-2-25-11-13-26(14-12-25)16-9-7-15(8-10-16)24-20-19(23)21(27)17-5-3-4-6-18(17)22(20)28/h3-10,24H,2,11-14H2,1H3. The first kappa shape index (κ1) is 18.7. The van der Waals surface area contributed by atoms with Crippen molar-refractivity contribution in [1.82, 2.24) is 4.90 Å². The van der Waals surface area contributed by atoms with Gasteiger partial charge in [0.15, 0.2) is 0 Å². The smallest absolute Gasteiger partial charge is 0.211 e. The number of hydrogen-bond donors (Lipinski definition) is 1. The predicted octanol–water partition coefficient (Wildman–Crippen LogP) is 3.77. The van der Waals surface area contributed by atoms with Crippen molar-refractivity contribution in [1.29, 1.82) is 0 Å². The van der Waals surface area contributed by atoms with Crippen LogP contribution in [0.3, 0.4) is 0 Å². The molecule has 28 heavy (non-hydrogen) atoms. The third-order valence-electron chi connectivity index (χ3n) is 5.38. The Morgan fingerprint density at radius 1 is 0.893 bits per heavy atom.